The zero-order chi connectivity index (χ0) is 30.2. The molecule has 2 aromatic carbocycles. The Morgan fingerprint density at radius 3 is 2.24 bits per heavy atom. The highest BCUT2D eigenvalue weighted by Gasteiger charge is 2.42. The first-order valence-corrected chi connectivity index (χ1v) is 13.8. The van der Waals surface area contributed by atoms with Gasteiger partial charge in [-0.05, 0) is 67.6 Å². The Bertz CT molecular complexity index is 1210. The molecular weight excluding hydrogens is 559 g/mol. The van der Waals surface area contributed by atoms with Crippen LogP contribution < -0.4 is 20.7 Å². The van der Waals surface area contributed by atoms with Crippen molar-refractivity contribution in [2.75, 3.05) is 31.7 Å². The fourth-order valence-corrected chi connectivity index (χ4v) is 5.18. The average molecular weight is 594 g/mol. The first kappa shape index (κ1) is 31.1. The first-order chi connectivity index (χ1) is 20.1. The normalized spacial score (nSPS) is 17.3. The molecule has 1 aliphatic heterocycles. The molecule has 4 rings (SSSR count). The van der Waals surface area contributed by atoms with Crippen molar-refractivity contribution in [1.82, 2.24) is 10.6 Å². The number of ether oxygens (including phenoxy) is 4. The van der Waals surface area contributed by atoms with Crippen molar-refractivity contribution in [3.63, 3.8) is 0 Å². The van der Waals surface area contributed by atoms with Gasteiger partial charge in [0.25, 0.3) is 5.91 Å². The lowest BCUT2D eigenvalue weighted by Crippen LogP contribution is -2.41. The fourth-order valence-electron chi connectivity index (χ4n) is 5.18. The molecule has 0 aromatic heterocycles. The van der Waals surface area contributed by atoms with E-state index in [-0.39, 0.29) is 37.1 Å². The van der Waals surface area contributed by atoms with Gasteiger partial charge < -0.3 is 34.9 Å². The number of amides is 3. The SMILES string of the molecule is CCOC(=O)CCNC(=O)c1ccc(C(NC(=O)Nc2ccc(OC(F)(F)F)cc2)C2CCC3(CC2)OCCO3)cc1. The number of hydrogen-bond acceptors (Lipinski definition) is 7. The van der Waals surface area contributed by atoms with Gasteiger partial charge in [0.2, 0.25) is 0 Å². The number of urea groups is 1. The number of alkyl halides is 3. The first-order valence-electron chi connectivity index (χ1n) is 13.8. The quantitative estimate of drug-likeness (QED) is 0.329. The summed E-state index contributed by atoms with van der Waals surface area (Å²) in [7, 11) is 0. The van der Waals surface area contributed by atoms with Gasteiger partial charge in [-0.2, -0.15) is 0 Å². The predicted molar refractivity (Wildman–Crippen MR) is 145 cm³/mol. The van der Waals surface area contributed by atoms with Crippen LogP contribution in [0.1, 0.15) is 61.0 Å². The van der Waals surface area contributed by atoms with Crippen LogP contribution in [0.3, 0.4) is 0 Å². The standard InChI is InChI=1S/C29H34F3N3O7/c1-2-39-24(36)13-16-33-26(37)21-5-3-19(4-6-21)25(20-11-14-28(15-12-20)40-17-18-41-28)35-27(38)34-22-7-9-23(10-8-22)42-29(30,31)32/h3-10,20,25H,2,11-18H2,1H3,(H,33,37)(H2,34,35,38). The minimum atomic E-state index is -4.81. The molecule has 1 unspecified atom stereocenters. The number of rotatable bonds is 10. The Labute approximate surface area is 241 Å². The zero-order valence-electron chi connectivity index (χ0n) is 23.1. The number of esters is 1. The van der Waals surface area contributed by atoms with Gasteiger partial charge in [0.1, 0.15) is 5.75 Å². The topological polar surface area (TPSA) is 124 Å². The van der Waals surface area contributed by atoms with Gasteiger partial charge in [-0.15, -0.1) is 13.2 Å². The van der Waals surface area contributed by atoms with Crippen LogP contribution in [0, 0.1) is 5.92 Å². The Kier molecular flexibility index (Phi) is 10.3. The average Bonchev–Trinajstić information content (AvgIpc) is 3.40. The van der Waals surface area contributed by atoms with Crippen molar-refractivity contribution in [2.24, 2.45) is 5.92 Å². The summed E-state index contributed by atoms with van der Waals surface area (Å²) in [6.45, 7) is 3.21. The van der Waals surface area contributed by atoms with Crippen LogP contribution in [-0.4, -0.2) is 56.4 Å². The summed E-state index contributed by atoms with van der Waals surface area (Å²) in [5, 5.41) is 8.33. The number of hydrogen-bond donors (Lipinski definition) is 3. The largest absolute Gasteiger partial charge is 0.573 e. The molecule has 2 aromatic rings. The van der Waals surface area contributed by atoms with Gasteiger partial charge in [-0.1, -0.05) is 12.1 Å². The van der Waals surface area contributed by atoms with Gasteiger partial charge in [0, 0.05) is 30.6 Å². The van der Waals surface area contributed by atoms with Crippen molar-refractivity contribution in [2.45, 2.75) is 57.2 Å². The molecule has 1 saturated heterocycles. The van der Waals surface area contributed by atoms with Gasteiger partial charge >= 0.3 is 18.4 Å². The van der Waals surface area contributed by atoms with Crippen LogP contribution in [-0.2, 0) is 19.0 Å². The van der Waals surface area contributed by atoms with Crippen molar-refractivity contribution < 1.29 is 46.5 Å². The Morgan fingerprint density at radius 1 is 1.00 bits per heavy atom. The predicted octanol–water partition coefficient (Wildman–Crippen LogP) is 5.06. The minimum Gasteiger partial charge on any atom is -0.466 e. The number of carbonyl (C=O) groups excluding carboxylic acids is 3. The molecule has 0 radical (unpaired) electrons. The highest BCUT2D eigenvalue weighted by atomic mass is 19.4. The van der Waals surface area contributed by atoms with Crippen molar-refractivity contribution in [1.29, 1.82) is 0 Å². The number of benzene rings is 2. The van der Waals surface area contributed by atoms with E-state index in [2.05, 4.69) is 20.7 Å². The van der Waals surface area contributed by atoms with Crippen molar-refractivity contribution in [3.8, 4) is 5.75 Å². The summed E-state index contributed by atoms with van der Waals surface area (Å²) in [4.78, 5) is 37.1. The van der Waals surface area contributed by atoms with Crippen LogP contribution in [0.25, 0.3) is 0 Å². The maximum absolute atomic E-state index is 13.0. The van der Waals surface area contributed by atoms with E-state index in [4.69, 9.17) is 14.2 Å². The number of halogens is 3. The molecule has 1 atom stereocenters. The molecule has 2 aliphatic rings. The molecule has 2 fully saturated rings. The molecule has 13 heteroatoms. The molecule has 1 aliphatic carbocycles. The highest BCUT2D eigenvalue weighted by Crippen LogP contribution is 2.42. The summed E-state index contributed by atoms with van der Waals surface area (Å²) < 4.78 is 57.8. The summed E-state index contributed by atoms with van der Waals surface area (Å²) in [6.07, 6.45) is -1.99. The summed E-state index contributed by atoms with van der Waals surface area (Å²) in [6, 6.07) is 10.7. The van der Waals surface area contributed by atoms with Crippen LogP contribution in [0.5, 0.6) is 5.75 Å². The maximum Gasteiger partial charge on any atom is 0.573 e. The molecule has 42 heavy (non-hydrogen) atoms. The molecule has 10 nitrogen and oxygen atoms in total. The zero-order valence-corrected chi connectivity index (χ0v) is 23.1. The third-order valence-electron chi connectivity index (χ3n) is 7.16. The number of nitrogens with one attached hydrogen (secondary N) is 3. The monoisotopic (exact) mass is 593 g/mol. The van der Waals surface area contributed by atoms with Crippen molar-refractivity contribution >= 4 is 23.6 Å². The smallest absolute Gasteiger partial charge is 0.466 e. The number of anilines is 1. The lowest BCUT2D eigenvalue weighted by Gasteiger charge is -2.39. The van der Waals surface area contributed by atoms with Crippen LogP contribution >= 0.6 is 0 Å². The van der Waals surface area contributed by atoms with E-state index in [1.54, 1.807) is 31.2 Å². The third kappa shape index (κ3) is 8.83. The number of carbonyl (C=O) groups is 3. The summed E-state index contributed by atoms with van der Waals surface area (Å²) >= 11 is 0. The Balaban J connectivity index is 1.42. The molecule has 1 saturated carbocycles. The van der Waals surface area contributed by atoms with Gasteiger partial charge in [-0.3, -0.25) is 9.59 Å². The van der Waals surface area contributed by atoms with Gasteiger partial charge in [-0.25, -0.2) is 4.79 Å². The van der Waals surface area contributed by atoms with E-state index in [0.717, 1.165) is 17.7 Å². The summed E-state index contributed by atoms with van der Waals surface area (Å²) in [5.74, 6) is -1.70. The van der Waals surface area contributed by atoms with Crippen LogP contribution in [0.15, 0.2) is 48.5 Å². The molecule has 228 valence electrons. The van der Waals surface area contributed by atoms with Crippen molar-refractivity contribution in [3.05, 3.63) is 59.7 Å². The fraction of sp³-hybridized carbons (Fsp3) is 0.483. The molecule has 3 amide bonds. The lowest BCUT2D eigenvalue weighted by molar-refractivity contribution is -0.274. The second kappa shape index (κ2) is 13.9. The van der Waals surface area contributed by atoms with E-state index in [1.165, 1.54) is 12.1 Å². The molecule has 1 spiro atoms. The highest BCUT2D eigenvalue weighted by molar-refractivity contribution is 5.94. The van der Waals surface area contributed by atoms with E-state index in [1.807, 2.05) is 0 Å². The second-order valence-electron chi connectivity index (χ2n) is 10.0. The van der Waals surface area contributed by atoms with Gasteiger partial charge in [0.05, 0.1) is 32.3 Å². The Morgan fingerprint density at radius 2 is 1.64 bits per heavy atom. The van der Waals surface area contributed by atoms with E-state index in [0.29, 0.717) is 44.5 Å². The maximum atomic E-state index is 13.0. The van der Waals surface area contributed by atoms with Crippen LogP contribution in [0.4, 0.5) is 23.7 Å². The van der Waals surface area contributed by atoms with Crippen LogP contribution in [0.2, 0.25) is 0 Å². The summed E-state index contributed by atoms with van der Waals surface area (Å²) in [5.41, 5.74) is 1.45. The Hall–Kier alpha value is -3.84. The molecular formula is C29H34F3N3O7. The molecule has 1 heterocycles. The minimum absolute atomic E-state index is 0.0287. The van der Waals surface area contributed by atoms with E-state index in [9.17, 15) is 27.6 Å². The molecule has 0 bridgehead atoms. The lowest BCUT2D eigenvalue weighted by atomic mass is 9.78. The van der Waals surface area contributed by atoms with E-state index < -0.39 is 35.9 Å². The van der Waals surface area contributed by atoms with E-state index >= 15 is 0 Å². The third-order valence-corrected chi connectivity index (χ3v) is 7.16. The molecule has 3 N–H and O–H groups in total. The van der Waals surface area contributed by atoms with Gasteiger partial charge in [0.15, 0.2) is 5.79 Å². The second-order valence-corrected chi connectivity index (χ2v) is 10.0.